The van der Waals surface area contributed by atoms with Crippen molar-refractivity contribution in [1.29, 1.82) is 0 Å². The lowest BCUT2D eigenvalue weighted by molar-refractivity contribution is -0.277. The summed E-state index contributed by atoms with van der Waals surface area (Å²) < 4.78 is 15.9. The summed E-state index contributed by atoms with van der Waals surface area (Å²) in [4.78, 5) is 0. The van der Waals surface area contributed by atoms with Crippen molar-refractivity contribution in [1.82, 2.24) is 0 Å². The van der Waals surface area contributed by atoms with Gasteiger partial charge in [-0.15, -0.1) is 0 Å². The SMILES string of the molecule is COc1ccc(CO)cc1O[C@@H]1O[C@H](CO)[C@@H](O)[C@H](O)[C@H]1O. The molecule has 0 amide bonds. The van der Waals surface area contributed by atoms with Crippen LogP contribution in [0.4, 0.5) is 0 Å². The lowest BCUT2D eigenvalue weighted by Gasteiger charge is -2.39. The molecule has 1 fully saturated rings. The van der Waals surface area contributed by atoms with E-state index in [1.165, 1.54) is 13.2 Å². The first-order valence-electron chi connectivity index (χ1n) is 6.76. The Morgan fingerprint density at radius 3 is 2.36 bits per heavy atom. The van der Waals surface area contributed by atoms with Crippen LogP contribution in [0.25, 0.3) is 0 Å². The molecule has 1 heterocycles. The molecule has 0 aliphatic carbocycles. The topological polar surface area (TPSA) is 129 Å². The summed E-state index contributed by atoms with van der Waals surface area (Å²) in [5.74, 6) is 0.535. The molecule has 0 saturated carbocycles. The molecule has 0 unspecified atom stereocenters. The second-order valence-electron chi connectivity index (χ2n) is 4.96. The number of hydrogen-bond acceptors (Lipinski definition) is 8. The first-order valence-corrected chi connectivity index (χ1v) is 6.76. The van der Waals surface area contributed by atoms with Crippen LogP contribution >= 0.6 is 0 Å². The molecule has 1 saturated heterocycles. The number of aliphatic hydroxyl groups excluding tert-OH is 5. The van der Waals surface area contributed by atoms with Gasteiger partial charge in [0.2, 0.25) is 6.29 Å². The molecule has 1 aliphatic rings. The zero-order valence-electron chi connectivity index (χ0n) is 12.0. The van der Waals surface area contributed by atoms with Crippen molar-refractivity contribution in [2.75, 3.05) is 13.7 Å². The third-order valence-corrected chi connectivity index (χ3v) is 3.50. The Hall–Kier alpha value is -1.42. The van der Waals surface area contributed by atoms with E-state index in [9.17, 15) is 15.3 Å². The maximum Gasteiger partial charge on any atom is 0.229 e. The van der Waals surface area contributed by atoms with Gasteiger partial charge < -0.3 is 39.7 Å². The van der Waals surface area contributed by atoms with Gasteiger partial charge in [0.15, 0.2) is 11.5 Å². The Morgan fingerprint density at radius 2 is 1.77 bits per heavy atom. The van der Waals surface area contributed by atoms with Crippen LogP contribution in [0.5, 0.6) is 11.5 Å². The van der Waals surface area contributed by atoms with Crippen molar-refractivity contribution in [3.63, 3.8) is 0 Å². The zero-order valence-corrected chi connectivity index (χ0v) is 12.0. The standard InChI is InChI=1S/C14H20O8/c1-20-8-3-2-7(5-15)4-9(8)21-14-13(19)12(18)11(17)10(6-16)22-14/h2-4,10-19H,5-6H2,1H3/t10-,11-,12+,13-,14-/m1/s1. The minimum Gasteiger partial charge on any atom is -0.493 e. The van der Waals surface area contributed by atoms with E-state index in [1.54, 1.807) is 12.1 Å². The molecule has 22 heavy (non-hydrogen) atoms. The molecule has 0 spiro atoms. The van der Waals surface area contributed by atoms with E-state index in [0.717, 1.165) is 0 Å². The van der Waals surface area contributed by atoms with E-state index in [0.29, 0.717) is 11.3 Å². The lowest BCUT2D eigenvalue weighted by atomic mass is 9.99. The van der Waals surface area contributed by atoms with Crippen LogP contribution in [-0.2, 0) is 11.3 Å². The van der Waals surface area contributed by atoms with Crippen molar-refractivity contribution in [3.8, 4) is 11.5 Å². The van der Waals surface area contributed by atoms with Crippen molar-refractivity contribution < 1.29 is 39.7 Å². The van der Waals surface area contributed by atoms with Gasteiger partial charge >= 0.3 is 0 Å². The molecule has 8 heteroatoms. The number of aliphatic hydroxyl groups is 5. The van der Waals surface area contributed by atoms with Crippen molar-refractivity contribution in [2.24, 2.45) is 0 Å². The third-order valence-electron chi connectivity index (χ3n) is 3.50. The van der Waals surface area contributed by atoms with Gasteiger partial charge in [0.1, 0.15) is 24.4 Å². The minimum atomic E-state index is -1.53. The molecule has 1 aromatic rings. The Kier molecular flexibility index (Phi) is 5.57. The second-order valence-corrected chi connectivity index (χ2v) is 4.96. The van der Waals surface area contributed by atoms with E-state index in [1.807, 2.05) is 0 Å². The second kappa shape index (κ2) is 7.23. The number of benzene rings is 1. The summed E-state index contributed by atoms with van der Waals surface area (Å²) in [6, 6.07) is 4.71. The number of methoxy groups -OCH3 is 1. The maximum atomic E-state index is 9.94. The molecule has 1 aliphatic heterocycles. The van der Waals surface area contributed by atoms with E-state index in [2.05, 4.69) is 0 Å². The Bertz CT molecular complexity index is 492. The molecule has 5 atom stereocenters. The number of hydrogen-bond donors (Lipinski definition) is 5. The molecule has 124 valence electrons. The highest BCUT2D eigenvalue weighted by molar-refractivity contribution is 5.43. The average molecular weight is 316 g/mol. The lowest BCUT2D eigenvalue weighted by Crippen LogP contribution is -2.60. The molecular formula is C14H20O8. The summed E-state index contributed by atoms with van der Waals surface area (Å²) in [6.45, 7) is -0.756. The average Bonchev–Trinajstić information content (AvgIpc) is 2.55. The molecule has 0 aromatic heterocycles. The number of ether oxygens (including phenoxy) is 3. The van der Waals surface area contributed by atoms with Gasteiger partial charge in [0.05, 0.1) is 20.3 Å². The normalized spacial score (nSPS) is 31.8. The van der Waals surface area contributed by atoms with Gasteiger partial charge in [0.25, 0.3) is 0 Å². The summed E-state index contributed by atoms with van der Waals surface area (Å²) in [6.07, 6.45) is -6.86. The van der Waals surface area contributed by atoms with Crippen LogP contribution in [0.15, 0.2) is 18.2 Å². The van der Waals surface area contributed by atoms with Gasteiger partial charge in [-0.05, 0) is 17.7 Å². The van der Waals surface area contributed by atoms with E-state index < -0.39 is 37.3 Å². The first kappa shape index (κ1) is 16.9. The summed E-state index contributed by atoms with van der Waals surface area (Å²) in [7, 11) is 1.42. The fraction of sp³-hybridized carbons (Fsp3) is 0.571. The third kappa shape index (κ3) is 3.32. The predicted molar refractivity (Wildman–Crippen MR) is 73.3 cm³/mol. The number of rotatable bonds is 5. The van der Waals surface area contributed by atoms with Crippen molar-refractivity contribution in [2.45, 2.75) is 37.3 Å². The monoisotopic (exact) mass is 316 g/mol. The smallest absolute Gasteiger partial charge is 0.229 e. The summed E-state index contributed by atoms with van der Waals surface area (Å²) in [5.41, 5.74) is 0.556. The van der Waals surface area contributed by atoms with E-state index in [4.69, 9.17) is 24.4 Å². The van der Waals surface area contributed by atoms with Gasteiger partial charge in [-0.2, -0.15) is 0 Å². The first-order chi connectivity index (χ1) is 10.5. The van der Waals surface area contributed by atoms with Gasteiger partial charge in [0, 0.05) is 0 Å². The molecule has 5 N–H and O–H groups in total. The molecule has 8 nitrogen and oxygen atoms in total. The van der Waals surface area contributed by atoms with Crippen molar-refractivity contribution in [3.05, 3.63) is 23.8 Å². The maximum absolute atomic E-state index is 9.94. The molecule has 0 radical (unpaired) electrons. The van der Waals surface area contributed by atoms with Crippen LogP contribution in [0.3, 0.4) is 0 Å². The fourth-order valence-corrected chi connectivity index (χ4v) is 2.20. The highest BCUT2D eigenvalue weighted by Gasteiger charge is 2.44. The zero-order chi connectivity index (χ0) is 16.3. The quantitative estimate of drug-likeness (QED) is 0.438. The molecule has 2 rings (SSSR count). The van der Waals surface area contributed by atoms with Gasteiger partial charge in [-0.25, -0.2) is 0 Å². The van der Waals surface area contributed by atoms with E-state index >= 15 is 0 Å². The molecule has 1 aromatic carbocycles. The highest BCUT2D eigenvalue weighted by Crippen LogP contribution is 2.32. The van der Waals surface area contributed by atoms with Crippen LogP contribution in [0.1, 0.15) is 5.56 Å². The largest absolute Gasteiger partial charge is 0.493 e. The van der Waals surface area contributed by atoms with Crippen LogP contribution in [0, 0.1) is 0 Å². The van der Waals surface area contributed by atoms with Crippen LogP contribution < -0.4 is 9.47 Å². The van der Waals surface area contributed by atoms with Crippen LogP contribution in [0.2, 0.25) is 0 Å². The Morgan fingerprint density at radius 1 is 1.05 bits per heavy atom. The Labute approximate surface area is 127 Å². The van der Waals surface area contributed by atoms with Crippen molar-refractivity contribution >= 4 is 0 Å². The van der Waals surface area contributed by atoms with Gasteiger partial charge in [-0.1, -0.05) is 6.07 Å². The fourth-order valence-electron chi connectivity index (χ4n) is 2.20. The van der Waals surface area contributed by atoms with Crippen LogP contribution in [-0.4, -0.2) is 70.0 Å². The summed E-state index contributed by atoms with van der Waals surface area (Å²) in [5, 5.41) is 47.7. The minimum absolute atomic E-state index is 0.193. The van der Waals surface area contributed by atoms with Gasteiger partial charge in [-0.3, -0.25) is 0 Å². The predicted octanol–water partition coefficient (Wildman–Crippen LogP) is -1.63. The molecular weight excluding hydrogens is 296 g/mol. The molecule has 0 bridgehead atoms. The van der Waals surface area contributed by atoms with E-state index in [-0.39, 0.29) is 12.4 Å². The highest BCUT2D eigenvalue weighted by atomic mass is 16.7. The Balaban J connectivity index is 2.21. The summed E-state index contributed by atoms with van der Waals surface area (Å²) >= 11 is 0.